The number of rotatable bonds is 5. The van der Waals surface area contributed by atoms with Gasteiger partial charge < -0.3 is 14.6 Å². The summed E-state index contributed by atoms with van der Waals surface area (Å²) in [6, 6.07) is 8.79. The molecule has 3 rings (SSSR count). The maximum atomic E-state index is 13.2. The summed E-state index contributed by atoms with van der Waals surface area (Å²) in [4.78, 5) is 39.5. The Kier molecular flexibility index (Phi) is 6.48. The molecule has 1 amide bonds. The van der Waals surface area contributed by atoms with E-state index >= 15 is 0 Å². The molecule has 0 unspecified atom stereocenters. The number of cyclic esters (lactones) is 1. The molecule has 2 aliphatic rings. The number of aryl methyl sites for hydroxylation is 1. The third kappa shape index (κ3) is 5.01. The van der Waals surface area contributed by atoms with Gasteiger partial charge in [0.2, 0.25) is 0 Å². The monoisotopic (exact) mass is 415 g/mol. The molecule has 0 bridgehead atoms. The fourth-order valence-corrected chi connectivity index (χ4v) is 3.78. The van der Waals surface area contributed by atoms with Crippen LogP contribution >= 0.6 is 0 Å². The number of nitrogens with zero attached hydrogens (tertiary/aromatic N) is 1. The Hall–Kier alpha value is -2.83. The highest BCUT2D eigenvalue weighted by molar-refractivity contribution is 6.21. The standard InChI is InChI=1S/C23H29NO6/c1-23(2,3)30-22(28)24-14-8-7-11-16(24)19(25)18-20(26)17(29-21(18)27)13-12-15-9-5-4-6-10-15/h4-6,9-10,16-17,26H,7-8,11-14H2,1-3H3/t16-,17+/m0/s1. The van der Waals surface area contributed by atoms with Gasteiger partial charge >= 0.3 is 12.1 Å². The number of Topliss-reactive ketones (excluding diaryl/α,β-unsaturated/α-hetero) is 1. The van der Waals surface area contributed by atoms with Crippen molar-refractivity contribution in [3.63, 3.8) is 0 Å². The van der Waals surface area contributed by atoms with Gasteiger partial charge in [0.15, 0.2) is 17.6 Å². The molecule has 2 atom stereocenters. The van der Waals surface area contributed by atoms with Gasteiger partial charge in [0, 0.05) is 6.54 Å². The molecule has 1 aromatic carbocycles. The normalized spacial score (nSPS) is 22.1. The van der Waals surface area contributed by atoms with Gasteiger partial charge in [0.25, 0.3) is 0 Å². The number of aliphatic hydroxyl groups excluding tert-OH is 1. The Morgan fingerprint density at radius 2 is 1.90 bits per heavy atom. The number of carbonyl (C=O) groups excluding carboxylic acids is 3. The molecule has 2 heterocycles. The first-order valence-electron chi connectivity index (χ1n) is 10.4. The van der Waals surface area contributed by atoms with Crippen molar-refractivity contribution < 1.29 is 29.0 Å². The van der Waals surface area contributed by atoms with E-state index in [-0.39, 0.29) is 11.3 Å². The molecule has 0 aromatic heterocycles. The molecule has 0 saturated carbocycles. The Labute approximate surface area is 176 Å². The summed E-state index contributed by atoms with van der Waals surface area (Å²) < 4.78 is 10.7. The molecule has 0 radical (unpaired) electrons. The maximum Gasteiger partial charge on any atom is 0.410 e. The molecule has 0 spiro atoms. The number of aliphatic hydroxyl groups is 1. The van der Waals surface area contributed by atoms with Crippen molar-refractivity contribution in [2.45, 2.75) is 70.6 Å². The lowest BCUT2D eigenvalue weighted by atomic mass is 9.93. The van der Waals surface area contributed by atoms with Crippen LogP contribution in [-0.4, -0.2) is 52.1 Å². The fraction of sp³-hybridized carbons (Fsp3) is 0.522. The number of esters is 1. The zero-order chi connectivity index (χ0) is 21.9. The number of ketones is 1. The number of piperidine rings is 1. The Morgan fingerprint density at radius 3 is 2.57 bits per heavy atom. The maximum absolute atomic E-state index is 13.2. The summed E-state index contributed by atoms with van der Waals surface area (Å²) in [5.74, 6) is -1.74. The zero-order valence-electron chi connectivity index (χ0n) is 17.7. The molecular formula is C23H29NO6. The SMILES string of the molecule is CC(C)(C)OC(=O)N1CCCC[C@H]1C(=O)C1=C(O)[C@@H](CCc2ccccc2)OC1=O. The van der Waals surface area contributed by atoms with E-state index in [0.29, 0.717) is 25.8 Å². The molecule has 1 saturated heterocycles. The van der Waals surface area contributed by atoms with Crippen molar-refractivity contribution >= 4 is 17.8 Å². The van der Waals surface area contributed by atoms with Crippen molar-refractivity contribution in [3.8, 4) is 0 Å². The topological polar surface area (TPSA) is 93.1 Å². The molecule has 7 heteroatoms. The first-order valence-corrected chi connectivity index (χ1v) is 10.4. The van der Waals surface area contributed by atoms with E-state index in [1.807, 2.05) is 30.3 Å². The molecule has 162 valence electrons. The molecule has 0 aliphatic carbocycles. The number of benzene rings is 1. The second-order valence-corrected chi connectivity index (χ2v) is 8.73. The minimum absolute atomic E-state index is 0.337. The lowest BCUT2D eigenvalue weighted by molar-refractivity contribution is -0.142. The highest BCUT2D eigenvalue weighted by Gasteiger charge is 2.44. The summed E-state index contributed by atoms with van der Waals surface area (Å²) in [5, 5.41) is 10.6. The smallest absolute Gasteiger partial charge is 0.410 e. The largest absolute Gasteiger partial charge is 0.507 e. The van der Waals surface area contributed by atoms with Crippen LogP contribution in [0.3, 0.4) is 0 Å². The van der Waals surface area contributed by atoms with Crippen molar-refractivity contribution in [2.24, 2.45) is 0 Å². The highest BCUT2D eigenvalue weighted by Crippen LogP contribution is 2.30. The summed E-state index contributed by atoms with van der Waals surface area (Å²) in [6.45, 7) is 5.63. The number of amides is 1. The van der Waals surface area contributed by atoms with Crippen LogP contribution in [0, 0.1) is 0 Å². The molecule has 1 N–H and O–H groups in total. The van der Waals surface area contributed by atoms with Gasteiger partial charge in [-0.2, -0.15) is 0 Å². The lowest BCUT2D eigenvalue weighted by Crippen LogP contribution is -2.50. The van der Waals surface area contributed by atoms with Crippen LogP contribution in [0.15, 0.2) is 41.7 Å². The van der Waals surface area contributed by atoms with E-state index in [0.717, 1.165) is 18.4 Å². The quantitative estimate of drug-likeness (QED) is 0.582. The second kappa shape index (κ2) is 8.90. The lowest BCUT2D eigenvalue weighted by Gasteiger charge is -2.35. The number of ether oxygens (including phenoxy) is 2. The number of hydrogen-bond donors (Lipinski definition) is 1. The third-order valence-corrected chi connectivity index (χ3v) is 5.23. The Balaban J connectivity index is 1.74. The average Bonchev–Trinajstić information content (AvgIpc) is 2.98. The number of likely N-dealkylation sites (tertiary alicyclic amines) is 1. The summed E-state index contributed by atoms with van der Waals surface area (Å²) in [6.07, 6.45) is 1.44. The third-order valence-electron chi connectivity index (χ3n) is 5.23. The van der Waals surface area contributed by atoms with Gasteiger partial charge in [-0.25, -0.2) is 9.59 Å². The van der Waals surface area contributed by atoms with Crippen LogP contribution in [0.2, 0.25) is 0 Å². The molecule has 1 fully saturated rings. The minimum Gasteiger partial charge on any atom is -0.507 e. The van der Waals surface area contributed by atoms with Gasteiger partial charge in [-0.3, -0.25) is 9.69 Å². The highest BCUT2D eigenvalue weighted by atomic mass is 16.6. The van der Waals surface area contributed by atoms with E-state index in [4.69, 9.17) is 9.47 Å². The van der Waals surface area contributed by atoms with Crippen molar-refractivity contribution in [2.75, 3.05) is 6.54 Å². The van der Waals surface area contributed by atoms with Crippen LogP contribution in [-0.2, 0) is 25.5 Å². The molecular weight excluding hydrogens is 386 g/mol. The van der Waals surface area contributed by atoms with E-state index in [9.17, 15) is 19.5 Å². The molecule has 7 nitrogen and oxygen atoms in total. The fourth-order valence-electron chi connectivity index (χ4n) is 3.78. The van der Waals surface area contributed by atoms with Crippen LogP contribution in [0.5, 0.6) is 0 Å². The van der Waals surface area contributed by atoms with E-state index in [1.54, 1.807) is 20.8 Å². The van der Waals surface area contributed by atoms with Crippen LogP contribution in [0.1, 0.15) is 52.0 Å². The first kappa shape index (κ1) is 21.9. The van der Waals surface area contributed by atoms with Gasteiger partial charge in [-0.05, 0) is 58.4 Å². The van der Waals surface area contributed by atoms with Crippen LogP contribution in [0.25, 0.3) is 0 Å². The van der Waals surface area contributed by atoms with E-state index in [2.05, 4.69) is 0 Å². The van der Waals surface area contributed by atoms with E-state index in [1.165, 1.54) is 4.90 Å². The molecule has 1 aromatic rings. The van der Waals surface area contributed by atoms with Crippen molar-refractivity contribution in [1.29, 1.82) is 0 Å². The predicted molar refractivity (Wildman–Crippen MR) is 110 cm³/mol. The second-order valence-electron chi connectivity index (χ2n) is 8.73. The Morgan fingerprint density at radius 1 is 1.20 bits per heavy atom. The minimum atomic E-state index is -0.852. The summed E-state index contributed by atoms with van der Waals surface area (Å²) in [7, 11) is 0. The predicted octanol–water partition coefficient (Wildman–Crippen LogP) is 3.72. The number of carbonyl (C=O) groups is 3. The van der Waals surface area contributed by atoms with Crippen LogP contribution < -0.4 is 0 Å². The van der Waals surface area contributed by atoms with E-state index < -0.39 is 35.6 Å². The molecule has 30 heavy (non-hydrogen) atoms. The van der Waals surface area contributed by atoms with Gasteiger partial charge in [-0.15, -0.1) is 0 Å². The van der Waals surface area contributed by atoms with Crippen LogP contribution in [0.4, 0.5) is 4.79 Å². The average molecular weight is 415 g/mol. The summed E-state index contributed by atoms with van der Waals surface area (Å²) >= 11 is 0. The van der Waals surface area contributed by atoms with Crippen molar-refractivity contribution in [3.05, 3.63) is 47.2 Å². The zero-order valence-corrected chi connectivity index (χ0v) is 17.7. The Bertz CT molecular complexity index is 839. The van der Waals surface area contributed by atoms with Crippen molar-refractivity contribution in [1.82, 2.24) is 4.90 Å². The molecule has 2 aliphatic heterocycles. The summed E-state index contributed by atoms with van der Waals surface area (Å²) in [5.41, 5.74) is 0.0104. The van der Waals surface area contributed by atoms with Gasteiger partial charge in [0.05, 0.1) is 6.04 Å². The first-order chi connectivity index (χ1) is 14.2. The number of hydrogen-bond acceptors (Lipinski definition) is 6. The van der Waals surface area contributed by atoms with Gasteiger partial charge in [-0.1, -0.05) is 30.3 Å². The van der Waals surface area contributed by atoms with Gasteiger partial charge in [0.1, 0.15) is 11.2 Å².